The number of hydrogen-bond acceptors (Lipinski definition) is 8. The lowest BCUT2D eigenvalue weighted by molar-refractivity contribution is -0.116. The number of rotatable bonds is 7. The van der Waals surface area contributed by atoms with Gasteiger partial charge in [-0.25, -0.2) is 8.42 Å². The van der Waals surface area contributed by atoms with Crippen molar-refractivity contribution in [1.29, 1.82) is 0 Å². The van der Waals surface area contributed by atoms with Crippen molar-refractivity contribution in [3.63, 3.8) is 0 Å². The van der Waals surface area contributed by atoms with Gasteiger partial charge in [-0.05, 0) is 54.8 Å². The minimum Gasteiger partial charge on any atom is -0.493 e. The molecule has 10 nitrogen and oxygen atoms in total. The Kier molecular flexibility index (Phi) is 6.58. The molecule has 0 radical (unpaired) electrons. The number of benzene rings is 2. The zero-order valence-corrected chi connectivity index (χ0v) is 20.3. The van der Waals surface area contributed by atoms with Gasteiger partial charge in [0.05, 0.1) is 25.7 Å². The third kappa shape index (κ3) is 4.48. The van der Waals surface area contributed by atoms with Gasteiger partial charge in [-0.1, -0.05) is 5.16 Å². The van der Waals surface area contributed by atoms with E-state index in [1.54, 1.807) is 42.3 Å². The summed E-state index contributed by atoms with van der Waals surface area (Å²) in [5, 5.41) is 3.97. The fourth-order valence-electron chi connectivity index (χ4n) is 3.93. The van der Waals surface area contributed by atoms with Gasteiger partial charge in [-0.15, -0.1) is 0 Å². The highest BCUT2D eigenvalue weighted by Crippen LogP contribution is 2.32. The van der Waals surface area contributed by atoms with Crippen molar-refractivity contribution in [1.82, 2.24) is 14.4 Å². The largest absolute Gasteiger partial charge is 0.493 e. The third-order valence-electron chi connectivity index (χ3n) is 5.73. The summed E-state index contributed by atoms with van der Waals surface area (Å²) in [4.78, 5) is 18.0. The summed E-state index contributed by atoms with van der Waals surface area (Å²) in [6, 6.07) is 10.1. The lowest BCUT2D eigenvalue weighted by Gasteiger charge is -2.29. The van der Waals surface area contributed by atoms with Crippen molar-refractivity contribution < 1.29 is 27.2 Å². The maximum atomic E-state index is 13.2. The molecule has 3 aromatic rings. The van der Waals surface area contributed by atoms with Crippen molar-refractivity contribution in [3.05, 3.63) is 47.9 Å². The van der Waals surface area contributed by atoms with Crippen LogP contribution in [0.25, 0.3) is 11.4 Å². The van der Waals surface area contributed by atoms with E-state index in [4.69, 9.17) is 14.0 Å². The molecule has 1 amide bonds. The van der Waals surface area contributed by atoms with E-state index in [2.05, 4.69) is 10.1 Å². The number of carbonyl (C=O) groups is 1. The predicted molar refractivity (Wildman–Crippen MR) is 124 cm³/mol. The van der Waals surface area contributed by atoms with Crippen LogP contribution in [-0.4, -0.2) is 56.6 Å². The van der Waals surface area contributed by atoms with Crippen LogP contribution < -0.4 is 14.4 Å². The SMILES string of the molecule is COc1ccc(-c2noc(CN(C)S(=O)(=O)c3ccc4c(c3)CCCN4C(C)=O)n2)cc1OC. The van der Waals surface area contributed by atoms with Gasteiger partial charge in [0.25, 0.3) is 0 Å². The zero-order chi connectivity index (χ0) is 24.5. The molecule has 180 valence electrons. The van der Waals surface area contributed by atoms with Crippen LogP contribution in [0.4, 0.5) is 5.69 Å². The van der Waals surface area contributed by atoms with Gasteiger partial charge in [0, 0.05) is 31.8 Å². The molecule has 0 spiro atoms. The zero-order valence-electron chi connectivity index (χ0n) is 19.4. The lowest BCUT2D eigenvalue weighted by atomic mass is 10.0. The maximum Gasteiger partial charge on any atom is 0.243 e. The second-order valence-corrected chi connectivity index (χ2v) is 9.95. The van der Waals surface area contributed by atoms with Gasteiger partial charge in [0.15, 0.2) is 11.5 Å². The van der Waals surface area contributed by atoms with Gasteiger partial charge in [0.2, 0.25) is 27.6 Å². The van der Waals surface area contributed by atoms with Gasteiger partial charge in [-0.2, -0.15) is 9.29 Å². The molecule has 11 heteroatoms. The van der Waals surface area contributed by atoms with Crippen LogP contribution in [0.15, 0.2) is 45.8 Å². The molecule has 2 aromatic carbocycles. The molecule has 34 heavy (non-hydrogen) atoms. The van der Waals surface area contributed by atoms with Crippen molar-refractivity contribution in [3.8, 4) is 22.9 Å². The number of sulfonamides is 1. The number of hydrogen-bond donors (Lipinski definition) is 0. The molecule has 0 aliphatic carbocycles. The average molecular weight is 487 g/mol. The summed E-state index contributed by atoms with van der Waals surface area (Å²) in [7, 11) is 0.710. The minimum atomic E-state index is -3.82. The first kappa shape index (κ1) is 23.7. The van der Waals surface area contributed by atoms with E-state index in [9.17, 15) is 13.2 Å². The molecule has 1 aliphatic heterocycles. The molecule has 0 atom stereocenters. The van der Waals surface area contributed by atoms with Crippen LogP contribution in [0.5, 0.6) is 11.5 Å². The van der Waals surface area contributed by atoms with E-state index < -0.39 is 10.0 Å². The molecule has 0 N–H and O–H groups in total. The van der Waals surface area contributed by atoms with Crippen LogP contribution >= 0.6 is 0 Å². The van der Waals surface area contributed by atoms with E-state index >= 15 is 0 Å². The predicted octanol–water partition coefficient (Wildman–Crippen LogP) is 2.87. The molecule has 1 aromatic heterocycles. The minimum absolute atomic E-state index is 0.0599. The molecule has 0 unspecified atom stereocenters. The Balaban J connectivity index is 1.54. The van der Waals surface area contributed by atoms with Crippen molar-refractivity contribution in [2.45, 2.75) is 31.2 Å². The van der Waals surface area contributed by atoms with Crippen LogP contribution in [0, 0.1) is 0 Å². The highest BCUT2D eigenvalue weighted by atomic mass is 32.2. The Bertz CT molecular complexity index is 1320. The molecule has 0 saturated carbocycles. The molecule has 0 fully saturated rings. The highest BCUT2D eigenvalue weighted by Gasteiger charge is 2.27. The van der Waals surface area contributed by atoms with Gasteiger partial charge < -0.3 is 18.9 Å². The monoisotopic (exact) mass is 486 g/mol. The number of fused-ring (bicyclic) bond motifs is 1. The van der Waals surface area contributed by atoms with Gasteiger partial charge >= 0.3 is 0 Å². The van der Waals surface area contributed by atoms with Gasteiger partial charge in [0.1, 0.15) is 0 Å². The second kappa shape index (κ2) is 9.43. The smallest absolute Gasteiger partial charge is 0.243 e. The topological polar surface area (TPSA) is 115 Å². The van der Waals surface area contributed by atoms with E-state index in [0.717, 1.165) is 22.0 Å². The molecule has 2 heterocycles. The summed E-state index contributed by atoms with van der Waals surface area (Å²) in [6.45, 7) is 2.04. The Morgan fingerprint density at radius 2 is 1.91 bits per heavy atom. The van der Waals surface area contributed by atoms with E-state index in [1.807, 2.05) is 0 Å². The van der Waals surface area contributed by atoms with Crippen molar-refractivity contribution >= 4 is 21.6 Å². The molecule has 4 rings (SSSR count). The summed E-state index contributed by atoms with van der Waals surface area (Å²) in [6.07, 6.45) is 1.50. The quantitative estimate of drug-likeness (QED) is 0.501. The van der Waals surface area contributed by atoms with Crippen LogP contribution in [-0.2, 0) is 27.8 Å². The number of aryl methyl sites for hydroxylation is 1. The molecular weight excluding hydrogens is 460 g/mol. The maximum absolute atomic E-state index is 13.2. The summed E-state index contributed by atoms with van der Waals surface area (Å²) < 4.78 is 43.4. The van der Waals surface area contributed by atoms with Gasteiger partial charge in [-0.3, -0.25) is 4.79 Å². The fraction of sp³-hybridized carbons (Fsp3) is 0.348. The van der Waals surface area contributed by atoms with Crippen molar-refractivity contribution in [2.24, 2.45) is 0 Å². The van der Waals surface area contributed by atoms with Crippen LogP contribution in [0.1, 0.15) is 24.8 Å². The summed E-state index contributed by atoms with van der Waals surface area (Å²) >= 11 is 0. The number of aromatic nitrogens is 2. The lowest BCUT2D eigenvalue weighted by Crippen LogP contribution is -2.34. The number of ether oxygens (including phenoxy) is 2. The first-order valence-electron chi connectivity index (χ1n) is 10.7. The number of methoxy groups -OCH3 is 2. The molecule has 0 saturated heterocycles. The second-order valence-electron chi connectivity index (χ2n) is 7.91. The Morgan fingerprint density at radius 1 is 1.15 bits per heavy atom. The number of nitrogens with zero attached hydrogens (tertiary/aromatic N) is 4. The standard InChI is InChI=1S/C23H26N4O6S/c1-15(28)27-11-5-6-16-12-18(8-9-19(16)27)34(29,30)26(2)14-22-24-23(25-33-22)17-7-10-20(31-3)21(13-17)32-4/h7-10,12-13H,5-6,11,14H2,1-4H3. The third-order valence-corrected chi connectivity index (χ3v) is 7.53. The summed E-state index contributed by atoms with van der Waals surface area (Å²) in [5.41, 5.74) is 2.24. The molecule has 0 bridgehead atoms. The van der Waals surface area contributed by atoms with Crippen molar-refractivity contribution in [2.75, 3.05) is 32.7 Å². The molecular formula is C23H26N4O6S. The number of anilines is 1. The first-order chi connectivity index (χ1) is 16.2. The molecule has 1 aliphatic rings. The first-order valence-corrected chi connectivity index (χ1v) is 12.1. The van der Waals surface area contributed by atoms with Crippen LogP contribution in [0.3, 0.4) is 0 Å². The average Bonchev–Trinajstić information content (AvgIpc) is 3.31. The Hall–Kier alpha value is -3.44. The highest BCUT2D eigenvalue weighted by molar-refractivity contribution is 7.89. The van der Waals surface area contributed by atoms with E-state index in [0.29, 0.717) is 35.9 Å². The normalized spacial score (nSPS) is 13.6. The number of amides is 1. The van der Waals surface area contributed by atoms with E-state index in [1.165, 1.54) is 27.1 Å². The fourth-order valence-corrected chi connectivity index (χ4v) is 5.10. The summed E-state index contributed by atoms with van der Waals surface area (Å²) in [5.74, 6) is 1.48. The van der Waals surface area contributed by atoms with E-state index in [-0.39, 0.29) is 23.2 Å². The Labute approximate surface area is 198 Å². The Morgan fingerprint density at radius 3 is 2.62 bits per heavy atom. The van der Waals surface area contributed by atoms with Crippen LogP contribution in [0.2, 0.25) is 0 Å². The number of carbonyl (C=O) groups excluding carboxylic acids is 1.